The van der Waals surface area contributed by atoms with Crippen LogP contribution in [-0.2, 0) is 16.5 Å². The van der Waals surface area contributed by atoms with Crippen molar-refractivity contribution in [3.8, 4) is 0 Å². The Bertz CT molecular complexity index is 510. The van der Waals surface area contributed by atoms with Gasteiger partial charge < -0.3 is 11.5 Å². The van der Waals surface area contributed by atoms with Crippen molar-refractivity contribution >= 4 is 30.2 Å². The van der Waals surface area contributed by atoms with Crippen LogP contribution in [0.25, 0.3) is 11.5 Å². The average molecular weight is 506 g/mol. The Kier molecular flexibility index (Phi) is 10.6. The zero-order chi connectivity index (χ0) is 16.4. The molecule has 0 aliphatic heterocycles. The zero-order valence-corrected chi connectivity index (χ0v) is 16.3. The van der Waals surface area contributed by atoms with Crippen molar-refractivity contribution in [3.05, 3.63) is 70.1 Å². The number of hydrogen-bond acceptors (Lipinski definition) is 0. The SMILES string of the molecule is Cc1ccc([NH-])cc1C.Cc1ccc([NH-])cc1C.[Cl][Pt+2][Cl]. The first kappa shape index (κ1) is 20.3. The number of aryl methyl sites for hydroxylation is 4. The van der Waals surface area contributed by atoms with E-state index in [1.165, 1.54) is 22.3 Å². The van der Waals surface area contributed by atoms with Crippen molar-refractivity contribution in [2.24, 2.45) is 0 Å². The molecule has 5 heteroatoms. The maximum absolute atomic E-state index is 7.23. The second kappa shape index (κ2) is 11.0. The average Bonchev–Trinajstić information content (AvgIpc) is 2.41. The molecule has 0 aromatic heterocycles. The molecule has 2 aromatic carbocycles. The molecule has 2 aromatic rings. The third-order valence-corrected chi connectivity index (χ3v) is 3.01. The van der Waals surface area contributed by atoms with Crippen LogP contribution in [0.5, 0.6) is 0 Å². The summed E-state index contributed by atoms with van der Waals surface area (Å²) in [4.78, 5) is 0. The molecule has 0 fully saturated rings. The van der Waals surface area contributed by atoms with E-state index in [1.807, 2.05) is 50.2 Å². The zero-order valence-electron chi connectivity index (χ0n) is 12.5. The van der Waals surface area contributed by atoms with Gasteiger partial charge in [-0.3, -0.25) is 0 Å². The van der Waals surface area contributed by atoms with Gasteiger partial charge in [0.15, 0.2) is 0 Å². The summed E-state index contributed by atoms with van der Waals surface area (Å²) in [6.45, 7) is 8.14. The Morgan fingerprint density at radius 1 is 0.667 bits per heavy atom. The van der Waals surface area contributed by atoms with E-state index in [4.69, 9.17) is 30.3 Å². The molecular formula is C16H20Cl2N2Pt. The first-order chi connectivity index (χ1) is 9.81. The maximum atomic E-state index is 7.23. The normalized spacial score (nSPS) is 9.24. The molecule has 0 heterocycles. The van der Waals surface area contributed by atoms with Crippen molar-refractivity contribution in [1.82, 2.24) is 0 Å². The van der Waals surface area contributed by atoms with Crippen molar-refractivity contribution in [1.29, 1.82) is 0 Å². The molecule has 2 rings (SSSR count). The van der Waals surface area contributed by atoms with Crippen molar-refractivity contribution in [2.75, 3.05) is 0 Å². The molecule has 0 saturated heterocycles. The van der Waals surface area contributed by atoms with Gasteiger partial charge in [-0.2, -0.15) is 0 Å². The van der Waals surface area contributed by atoms with Gasteiger partial charge in [0.1, 0.15) is 0 Å². The molecule has 2 nitrogen and oxygen atoms in total. The minimum atomic E-state index is -0.472. The fourth-order valence-electron chi connectivity index (χ4n) is 1.48. The summed E-state index contributed by atoms with van der Waals surface area (Å²) in [5.74, 6) is 0. The van der Waals surface area contributed by atoms with Crippen molar-refractivity contribution in [3.63, 3.8) is 0 Å². The van der Waals surface area contributed by atoms with E-state index in [2.05, 4.69) is 13.8 Å². The summed E-state index contributed by atoms with van der Waals surface area (Å²) in [5, 5.41) is 0. The van der Waals surface area contributed by atoms with Crippen LogP contribution < -0.4 is 0 Å². The molecule has 0 aliphatic rings. The van der Waals surface area contributed by atoms with Crippen LogP contribution in [0.3, 0.4) is 0 Å². The van der Waals surface area contributed by atoms with Crippen LogP contribution >= 0.6 is 18.8 Å². The topological polar surface area (TPSA) is 47.6 Å². The molecule has 0 unspecified atom stereocenters. The predicted molar refractivity (Wildman–Crippen MR) is 91.5 cm³/mol. The summed E-state index contributed by atoms with van der Waals surface area (Å²) < 4.78 is 0. The Morgan fingerprint density at radius 2 is 0.952 bits per heavy atom. The first-order valence-electron chi connectivity index (χ1n) is 6.22. The van der Waals surface area contributed by atoms with E-state index >= 15 is 0 Å². The monoisotopic (exact) mass is 505 g/mol. The molecule has 2 N–H and O–H groups in total. The van der Waals surface area contributed by atoms with Crippen LogP contribution in [0.2, 0.25) is 0 Å². The molecule has 0 radical (unpaired) electrons. The molecule has 0 amide bonds. The number of rotatable bonds is 0. The van der Waals surface area contributed by atoms with Gasteiger partial charge in [-0.25, -0.2) is 0 Å². The summed E-state index contributed by atoms with van der Waals surface area (Å²) >= 11 is -0.472. The number of halogens is 2. The van der Waals surface area contributed by atoms with Crippen LogP contribution in [0.1, 0.15) is 22.3 Å². The van der Waals surface area contributed by atoms with E-state index in [9.17, 15) is 0 Å². The summed E-state index contributed by atoms with van der Waals surface area (Å²) in [6, 6.07) is 11.3. The molecule has 0 saturated carbocycles. The van der Waals surface area contributed by atoms with Gasteiger partial charge in [-0.05, 0) is 49.9 Å². The quantitative estimate of drug-likeness (QED) is 0.359. The molecular weight excluding hydrogens is 486 g/mol. The number of hydrogen-bond donors (Lipinski definition) is 0. The molecule has 21 heavy (non-hydrogen) atoms. The van der Waals surface area contributed by atoms with E-state index < -0.39 is 16.5 Å². The molecule has 118 valence electrons. The van der Waals surface area contributed by atoms with Gasteiger partial charge in [-0.1, -0.05) is 36.4 Å². The van der Waals surface area contributed by atoms with E-state index in [-0.39, 0.29) is 0 Å². The summed E-state index contributed by atoms with van der Waals surface area (Å²) in [6.07, 6.45) is 0. The second-order valence-corrected chi connectivity index (χ2v) is 7.93. The van der Waals surface area contributed by atoms with Gasteiger partial charge in [0.05, 0.1) is 0 Å². The Hall–Kier alpha value is -0.692. The van der Waals surface area contributed by atoms with Crippen molar-refractivity contribution < 1.29 is 16.5 Å². The van der Waals surface area contributed by atoms with Crippen LogP contribution in [0, 0.1) is 27.7 Å². The summed E-state index contributed by atoms with van der Waals surface area (Å²) in [5.41, 5.74) is 20.6. The molecule has 0 bridgehead atoms. The Labute approximate surface area is 144 Å². The standard InChI is InChI=1S/2C8H10N.2ClH.Pt/c2*1-6-3-4-8(9)5-7(6)2;;;/h2*3-5,9H,1-2H3;2*1H;/q2*-1;;;+4/p-2. The number of nitrogens with one attached hydrogen (secondary N) is 2. The Morgan fingerprint density at radius 3 is 1.14 bits per heavy atom. The third-order valence-electron chi connectivity index (χ3n) is 3.01. The van der Waals surface area contributed by atoms with Gasteiger partial charge >= 0.3 is 35.3 Å². The fraction of sp³-hybridized carbons (Fsp3) is 0.250. The van der Waals surface area contributed by atoms with Crippen LogP contribution in [0.15, 0.2) is 36.4 Å². The predicted octanol–water partition coefficient (Wildman–Crippen LogP) is 7.35. The fourth-order valence-corrected chi connectivity index (χ4v) is 1.48. The minimum absolute atomic E-state index is 0.472. The summed E-state index contributed by atoms with van der Waals surface area (Å²) in [7, 11) is 9.75. The number of benzene rings is 2. The van der Waals surface area contributed by atoms with Gasteiger partial charge in [0.2, 0.25) is 0 Å². The van der Waals surface area contributed by atoms with Gasteiger partial charge in [-0.15, -0.1) is 11.4 Å². The van der Waals surface area contributed by atoms with Crippen LogP contribution in [0.4, 0.5) is 11.4 Å². The van der Waals surface area contributed by atoms with E-state index in [1.54, 1.807) is 0 Å². The molecule has 0 spiro atoms. The second-order valence-electron chi connectivity index (χ2n) is 4.64. The molecule has 0 aliphatic carbocycles. The van der Waals surface area contributed by atoms with E-state index in [0.29, 0.717) is 11.4 Å². The van der Waals surface area contributed by atoms with Gasteiger partial charge in [0, 0.05) is 0 Å². The van der Waals surface area contributed by atoms with Gasteiger partial charge in [0.25, 0.3) is 0 Å². The Balaban J connectivity index is 0.000000322. The van der Waals surface area contributed by atoms with Crippen LogP contribution in [-0.4, -0.2) is 0 Å². The first-order valence-corrected chi connectivity index (χ1v) is 11.8. The van der Waals surface area contributed by atoms with Crippen molar-refractivity contribution in [2.45, 2.75) is 27.7 Å². The van der Waals surface area contributed by atoms with E-state index in [0.717, 1.165) is 0 Å². The third kappa shape index (κ3) is 9.03. The molecule has 0 atom stereocenters.